The molecule has 0 N–H and O–H groups in total. The van der Waals surface area contributed by atoms with Crippen LogP contribution in [0.1, 0.15) is 24.5 Å². The van der Waals surface area contributed by atoms with Crippen LogP contribution in [-0.4, -0.2) is 43.7 Å². The van der Waals surface area contributed by atoms with Crippen LogP contribution in [0, 0.1) is 0 Å². The summed E-state index contributed by atoms with van der Waals surface area (Å²) in [7, 11) is 0. The molecule has 0 radical (unpaired) electrons. The summed E-state index contributed by atoms with van der Waals surface area (Å²) in [4.78, 5) is 5.19. The van der Waals surface area contributed by atoms with Gasteiger partial charge in [0.1, 0.15) is 5.75 Å². The van der Waals surface area contributed by atoms with Gasteiger partial charge in [0.05, 0.1) is 12.3 Å². The van der Waals surface area contributed by atoms with Gasteiger partial charge in [-0.15, -0.1) is 0 Å². The first kappa shape index (κ1) is 16.5. The number of aryl methyl sites for hydroxylation is 1. The largest absolute Gasteiger partial charge is 0.492 e. The van der Waals surface area contributed by atoms with E-state index >= 15 is 0 Å². The maximum absolute atomic E-state index is 5.82. The SMILES string of the molecule is CCOc1ccccc1N1CCN(C2CCc3ccccc3C2)CC1. The van der Waals surface area contributed by atoms with Crippen molar-refractivity contribution >= 4 is 5.69 Å². The number of nitrogens with zero attached hydrogens (tertiary/aromatic N) is 2. The highest BCUT2D eigenvalue weighted by Crippen LogP contribution is 2.30. The Morgan fingerprint density at radius 1 is 0.920 bits per heavy atom. The van der Waals surface area contributed by atoms with Crippen LogP contribution in [0.4, 0.5) is 5.69 Å². The third-order valence-corrected chi connectivity index (χ3v) is 5.66. The van der Waals surface area contributed by atoms with Crippen molar-refractivity contribution in [3.05, 3.63) is 59.7 Å². The van der Waals surface area contributed by atoms with Crippen LogP contribution in [0.15, 0.2) is 48.5 Å². The van der Waals surface area contributed by atoms with Crippen molar-refractivity contribution in [2.45, 2.75) is 32.2 Å². The molecule has 4 rings (SSSR count). The highest BCUT2D eigenvalue weighted by Gasteiger charge is 2.27. The number of fused-ring (bicyclic) bond motifs is 1. The third-order valence-electron chi connectivity index (χ3n) is 5.66. The van der Waals surface area contributed by atoms with Gasteiger partial charge in [0.25, 0.3) is 0 Å². The highest BCUT2D eigenvalue weighted by molar-refractivity contribution is 5.58. The van der Waals surface area contributed by atoms with Crippen molar-refractivity contribution in [1.29, 1.82) is 0 Å². The number of rotatable bonds is 4. The minimum absolute atomic E-state index is 0.708. The molecule has 2 aromatic rings. The minimum atomic E-state index is 0.708. The molecular weight excluding hydrogens is 308 g/mol. The van der Waals surface area contributed by atoms with E-state index in [1.807, 2.05) is 0 Å². The second kappa shape index (κ2) is 7.49. The van der Waals surface area contributed by atoms with Crippen LogP contribution < -0.4 is 9.64 Å². The van der Waals surface area contributed by atoms with E-state index in [1.165, 1.54) is 24.9 Å². The Hall–Kier alpha value is -2.00. The molecule has 3 heteroatoms. The molecule has 1 fully saturated rings. The summed E-state index contributed by atoms with van der Waals surface area (Å²) in [5.74, 6) is 1.02. The molecule has 1 unspecified atom stereocenters. The van der Waals surface area contributed by atoms with E-state index in [0.717, 1.165) is 38.5 Å². The average Bonchev–Trinajstić information content (AvgIpc) is 2.68. The molecule has 2 aliphatic rings. The number of ether oxygens (including phenoxy) is 1. The van der Waals surface area contributed by atoms with Gasteiger partial charge < -0.3 is 9.64 Å². The molecule has 1 saturated heterocycles. The topological polar surface area (TPSA) is 15.7 Å². The van der Waals surface area contributed by atoms with Gasteiger partial charge in [0, 0.05) is 32.2 Å². The lowest BCUT2D eigenvalue weighted by atomic mass is 9.87. The van der Waals surface area contributed by atoms with Gasteiger partial charge in [-0.1, -0.05) is 36.4 Å². The molecule has 1 aliphatic carbocycles. The Balaban J connectivity index is 1.39. The maximum Gasteiger partial charge on any atom is 0.142 e. The van der Waals surface area contributed by atoms with Gasteiger partial charge in [-0.3, -0.25) is 4.90 Å². The van der Waals surface area contributed by atoms with Crippen LogP contribution in [0.5, 0.6) is 5.75 Å². The lowest BCUT2D eigenvalue weighted by Crippen LogP contribution is -2.51. The molecule has 1 atom stereocenters. The summed E-state index contributed by atoms with van der Waals surface area (Å²) >= 11 is 0. The van der Waals surface area contributed by atoms with E-state index in [1.54, 1.807) is 11.1 Å². The molecule has 1 aliphatic heterocycles. The van der Waals surface area contributed by atoms with Gasteiger partial charge >= 0.3 is 0 Å². The summed E-state index contributed by atoms with van der Waals surface area (Å²) in [6.07, 6.45) is 3.74. The van der Waals surface area contributed by atoms with Gasteiger partial charge in [0.15, 0.2) is 0 Å². The minimum Gasteiger partial charge on any atom is -0.492 e. The van der Waals surface area contributed by atoms with E-state index in [4.69, 9.17) is 4.74 Å². The van der Waals surface area contributed by atoms with Gasteiger partial charge in [-0.25, -0.2) is 0 Å². The van der Waals surface area contributed by atoms with Crippen molar-refractivity contribution in [3.8, 4) is 5.75 Å². The first-order valence-electron chi connectivity index (χ1n) is 9.62. The summed E-state index contributed by atoms with van der Waals surface area (Å²) in [5, 5.41) is 0. The fourth-order valence-corrected chi connectivity index (χ4v) is 4.31. The number of anilines is 1. The van der Waals surface area contributed by atoms with Crippen molar-refractivity contribution in [1.82, 2.24) is 4.90 Å². The quantitative estimate of drug-likeness (QED) is 0.845. The Morgan fingerprint density at radius 2 is 1.64 bits per heavy atom. The lowest BCUT2D eigenvalue weighted by Gasteiger charge is -2.42. The highest BCUT2D eigenvalue weighted by atomic mass is 16.5. The molecule has 0 spiro atoms. The normalized spacial score (nSPS) is 21.0. The zero-order valence-corrected chi connectivity index (χ0v) is 15.2. The van der Waals surface area contributed by atoms with E-state index in [2.05, 4.69) is 65.3 Å². The molecule has 25 heavy (non-hydrogen) atoms. The number of hydrogen-bond donors (Lipinski definition) is 0. The number of benzene rings is 2. The number of hydrogen-bond acceptors (Lipinski definition) is 3. The van der Waals surface area contributed by atoms with Crippen LogP contribution >= 0.6 is 0 Å². The van der Waals surface area contributed by atoms with Crippen LogP contribution in [-0.2, 0) is 12.8 Å². The van der Waals surface area contributed by atoms with Crippen molar-refractivity contribution in [2.24, 2.45) is 0 Å². The monoisotopic (exact) mass is 336 g/mol. The van der Waals surface area contributed by atoms with Crippen molar-refractivity contribution in [3.63, 3.8) is 0 Å². The Labute approximate surface area is 151 Å². The molecule has 132 valence electrons. The fraction of sp³-hybridized carbons (Fsp3) is 0.455. The maximum atomic E-state index is 5.82. The zero-order valence-electron chi connectivity index (χ0n) is 15.2. The van der Waals surface area contributed by atoms with E-state index in [9.17, 15) is 0 Å². The molecule has 1 heterocycles. The molecule has 0 aromatic heterocycles. The van der Waals surface area contributed by atoms with Crippen LogP contribution in [0.25, 0.3) is 0 Å². The molecule has 0 saturated carbocycles. The van der Waals surface area contributed by atoms with Crippen molar-refractivity contribution < 1.29 is 4.74 Å². The molecule has 3 nitrogen and oxygen atoms in total. The molecule has 2 aromatic carbocycles. The second-order valence-electron chi connectivity index (χ2n) is 7.09. The van der Waals surface area contributed by atoms with Crippen LogP contribution in [0.3, 0.4) is 0 Å². The van der Waals surface area contributed by atoms with E-state index in [0.29, 0.717) is 6.04 Å². The zero-order chi connectivity index (χ0) is 17.1. The second-order valence-corrected chi connectivity index (χ2v) is 7.09. The standard InChI is InChI=1S/C22H28N2O/c1-2-25-22-10-6-5-9-21(22)24-15-13-23(14-16-24)20-12-11-18-7-3-4-8-19(18)17-20/h3-10,20H,2,11-17H2,1H3. The van der Waals surface area contributed by atoms with Gasteiger partial charge in [-0.05, 0) is 49.4 Å². The Morgan fingerprint density at radius 3 is 2.44 bits per heavy atom. The fourth-order valence-electron chi connectivity index (χ4n) is 4.31. The summed E-state index contributed by atoms with van der Waals surface area (Å²) in [6, 6.07) is 18.1. The lowest BCUT2D eigenvalue weighted by molar-refractivity contribution is 0.169. The third kappa shape index (κ3) is 3.52. The smallest absolute Gasteiger partial charge is 0.142 e. The van der Waals surface area contributed by atoms with Crippen LogP contribution in [0.2, 0.25) is 0 Å². The Bertz CT molecular complexity index is 707. The summed E-state index contributed by atoms with van der Waals surface area (Å²) in [6.45, 7) is 7.24. The molecule has 0 bridgehead atoms. The first-order chi connectivity index (χ1) is 12.3. The Kier molecular flexibility index (Phi) is 4.93. The molecular formula is C22H28N2O. The van der Waals surface area contributed by atoms with Gasteiger partial charge in [-0.2, -0.15) is 0 Å². The van der Waals surface area contributed by atoms with Crippen molar-refractivity contribution in [2.75, 3.05) is 37.7 Å². The first-order valence-corrected chi connectivity index (χ1v) is 9.62. The predicted molar refractivity (Wildman–Crippen MR) is 104 cm³/mol. The number of para-hydroxylation sites is 2. The molecule has 0 amide bonds. The van der Waals surface area contributed by atoms with E-state index < -0.39 is 0 Å². The summed E-state index contributed by atoms with van der Waals surface area (Å²) in [5.41, 5.74) is 4.36. The predicted octanol–water partition coefficient (Wildman–Crippen LogP) is 3.76. The van der Waals surface area contributed by atoms with E-state index in [-0.39, 0.29) is 0 Å². The number of piperazine rings is 1. The average molecular weight is 336 g/mol. The summed E-state index contributed by atoms with van der Waals surface area (Å²) < 4.78 is 5.82. The van der Waals surface area contributed by atoms with Gasteiger partial charge in [0.2, 0.25) is 0 Å².